The topological polar surface area (TPSA) is 52.1 Å². The van der Waals surface area contributed by atoms with Crippen LogP contribution in [-0.4, -0.2) is 9.97 Å². The van der Waals surface area contributed by atoms with Gasteiger partial charge in [-0.25, -0.2) is 9.97 Å². The van der Waals surface area contributed by atoms with Gasteiger partial charge < -0.3 is 8.83 Å². The molecule has 4 nitrogen and oxygen atoms in total. The van der Waals surface area contributed by atoms with Crippen LogP contribution >= 0.6 is 0 Å². The number of hydrogen-bond acceptors (Lipinski definition) is 4. The van der Waals surface area contributed by atoms with Crippen molar-refractivity contribution in [2.45, 2.75) is 52.4 Å². The lowest BCUT2D eigenvalue weighted by Crippen LogP contribution is -2.10. The van der Waals surface area contributed by atoms with Gasteiger partial charge in [0, 0.05) is 11.1 Å². The van der Waals surface area contributed by atoms with Crippen molar-refractivity contribution in [2.24, 2.45) is 0 Å². The number of oxazole rings is 2. The Morgan fingerprint density at radius 3 is 1.25 bits per heavy atom. The summed E-state index contributed by atoms with van der Waals surface area (Å²) in [6.45, 7) is 13.2. The maximum atomic E-state index is 6.01. The van der Waals surface area contributed by atoms with Gasteiger partial charge in [0.15, 0.2) is 11.2 Å². The first-order chi connectivity index (χ1) is 15.1. The molecule has 5 aromatic rings. The number of aromatic nitrogens is 2. The predicted octanol–water partition coefficient (Wildman–Crippen LogP) is 7.90. The van der Waals surface area contributed by atoms with E-state index in [1.54, 1.807) is 0 Å². The van der Waals surface area contributed by atoms with Gasteiger partial charge in [-0.15, -0.1) is 0 Å². The Kier molecular flexibility index (Phi) is 4.52. The molecule has 0 saturated carbocycles. The molecule has 0 bridgehead atoms. The van der Waals surface area contributed by atoms with Crippen LogP contribution in [0.2, 0.25) is 0 Å². The monoisotopic (exact) mass is 424 g/mol. The van der Waals surface area contributed by atoms with E-state index in [1.165, 1.54) is 11.1 Å². The fourth-order valence-electron chi connectivity index (χ4n) is 3.79. The highest BCUT2D eigenvalue weighted by atomic mass is 16.4. The van der Waals surface area contributed by atoms with Crippen LogP contribution < -0.4 is 0 Å². The highest BCUT2D eigenvalue weighted by Gasteiger charge is 2.18. The highest BCUT2D eigenvalue weighted by Crippen LogP contribution is 2.32. The zero-order valence-electron chi connectivity index (χ0n) is 19.5. The normalized spacial score (nSPS) is 12.7. The third-order valence-electron chi connectivity index (χ3n) is 5.89. The van der Waals surface area contributed by atoms with E-state index in [1.807, 2.05) is 36.4 Å². The van der Waals surface area contributed by atoms with Gasteiger partial charge in [-0.05, 0) is 70.5 Å². The summed E-state index contributed by atoms with van der Waals surface area (Å²) in [5.74, 6) is 1.23. The van der Waals surface area contributed by atoms with Crippen LogP contribution in [0.5, 0.6) is 0 Å². The molecule has 0 aliphatic rings. The Morgan fingerprint density at radius 1 is 0.531 bits per heavy atom. The van der Waals surface area contributed by atoms with Crippen LogP contribution in [-0.2, 0) is 10.8 Å². The van der Waals surface area contributed by atoms with Crippen molar-refractivity contribution >= 4 is 22.2 Å². The Labute approximate surface area is 188 Å². The van der Waals surface area contributed by atoms with E-state index in [0.29, 0.717) is 11.8 Å². The minimum Gasteiger partial charge on any atom is -0.436 e. The second kappa shape index (κ2) is 7.06. The zero-order valence-corrected chi connectivity index (χ0v) is 19.5. The van der Waals surface area contributed by atoms with Crippen molar-refractivity contribution in [3.63, 3.8) is 0 Å². The maximum absolute atomic E-state index is 6.01. The minimum absolute atomic E-state index is 0.0716. The summed E-state index contributed by atoms with van der Waals surface area (Å²) in [5, 5.41) is 0. The van der Waals surface area contributed by atoms with Gasteiger partial charge in [-0.2, -0.15) is 0 Å². The molecule has 0 fully saturated rings. The van der Waals surface area contributed by atoms with E-state index in [9.17, 15) is 0 Å². The standard InChI is InChI=1S/C28H28N2O2/c1-27(2,3)19-11-13-23-21(15-19)29-25(31-23)17-7-9-18(10-8-17)26-30-22-16-20(28(4,5)6)12-14-24(22)32-26/h7-16H,1-6H3. The van der Waals surface area contributed by atoms with Crippen LogP contribution in [0, 0.1) is 0 Å². The fourth-order valence-corrected chi connectivity index (χ4v) is 3.79. The molecule has 0 amide bonds. The molecule has 0 aliphatic carbocycles. The number of nitrogens with zero attached hydrogens (tertiary/aromatic N) is 2. The second-order valence-electron chi connectivity index (χ2n) is 10.5. The average molecular weight is 425 g/mol. The van der Waals surface area contributed by atoms with Crippen molar-refractivity contribution in [2.75, 3.05) is 0 Å². The van der Waals surface area contributed by atoms with Crippen molar-refractivity contribution in [3.8, 4) is 22.9 Å². The van der Waals surface area contributed by atoms with Crippen LogP contribution in [0.4, 0.5) is 0 Å². The molecule has 5 rings (SSSR count). The third-order valence-corrected chi connectivity index (χ3v) is 5.89. The van der Waals surface area contributed by atoms with Crippen LogP contribution in [0.3, 0.4) is 0 Å². The van der Waals surface area contributed by atoms with Crippen molar-refractivity contribution in [1.82, 2.24) is 9.97 Å². The van der Waals surface area contributed by atoms with Gasteiger partial charge in [-0.1, -0.05) is 53.7 Å². The van der Waals surface area contributed by atoms with E-state index >= 15 is 0 Å². The number of rotatable bonds is 2. The quantitative estimate of drug-likeness (QED) is 0.289. The molecule has 0 atom stereocenters. The first-order valence-electron chi connectivity index (χ1n) is 11.0. The molecule has 0 unspecified atom stereocenters. The summed E-state index contributed by atoms with van der Waals surface area (Å²) < 4.78 is 12.0. The summed E-state index contributed by atoms with van der Waals surface area (Å²) in [6, 6.07) is 20.5. The first kappa shape index (κ1) is 20.5. The molecule has 0 radical (unpaired) electrons. The smallest absolute Gasteiger partial charge is 0.227 e. The Balaban J connectivity index is 1.46. The fraction of sp³-hybridized carbons (Fsp3) is 0.286. The van der Waals surface area contributed by atoms with E-state index in [4.69, 9.17) is 18.8 Å². The lowest BCUT2D eigenvalue weighted by atomic mass is 9.87. The molecular weight excluding hydrogens is 396 g/mol. The third kappa shape index (κ3) is 3.70. The molecule has 0 saturated heterocycles. The van der Waals surface area contributed by atoms with E-state index in [0.717, 1.165) is 33.3 Å². The van der Waals surface area contributed by atoms with Gasteiger partial charge in [0.2, 0.25) is 11.8 Å². The van der Waals surface area contributed by atoms with Crippen molar-refractivity contribution < 1.29 is 8.83 Å². The van der Waals surface area contributed by atoms with Gasteiger partial charge in [0.1, 0.15) is 11.0 Å². The van der Waals surface area contributed by atoms with Gasteiger partial charge in [0.25, 0.3) is 0 Å². The summed E-state index contributed by atoms with van der Waals surface area (Å²) in [5.41, 5.74) is 7.83. The van der Waals surface area contributed by atoms with E-state index < -0.39 is 0 Å². The molecule has 0 aliphatic heterocycles. The number of benzene rings is 3. The zero-order chi connectivity index (χ0) is 22.7. The molecular formula is C28H28N2O2. The lowest BCUT2D eigenvalue weighted by molar-refractivity contribution is 0.589. The van der Waals surface area contributed by atoms with Crippen LogP contribution in [0.15, 0.2) is 69.5 Å². The van der Waals surface area contributed by atoms with Gasteiger partial charge in [-0.3, -0.25) is 0 Å². The number of fused-ring (bicyclic) bond motifs is 2. The Morgan fingerprint density at radius 2 is 0.906 bits per heavy atom. The van der Waals surface area contributed by atoms with Crippen molar-refractivity contribution in [3.05, 3.63) is 71.8 Å². The average Bonchev–Trinajstić information content (AvgIpc) is 3.35. The van der Waals surface area contributed by atoms with Gasteiger partial charge >= 0.3 is 0 Å². The molecule has 2 heterocycles. The Bertz CT molecular complexity index is 1310. The lowest BCUT2D eigenvalue weighted by Gasteiger charge is -2.18. The first-order valence-corrected chi connectivity index (χ1v) is 11.0. The van der Waals surface area contributed by atoms with E-state index in [2.05, 4.69) is 65.8 Å². The van der Waals surface area contributed by atoms with Crippen LogP contribution in [0.25, 0.3) is 45.1 Å². The molecule has 4 heteroatoms. The summed E-state index contributed by atoms with van der Waals surface area (Å²) in [4.78, 5) is 9.44. The molecule has 32 heavy (non-hydrogen) atoms. The van der Waals surface area contributed by atoms with Gasteiger partial charge in [0.05, 0.1) is 0 Å². The predicted molar refractivity (Wildman–Crippen MR) is 130 cm³/mol. The largest absolute Gasteiger partial charge is 0.436 e. The molecule has 0 N–H and O–H groups in total. The number of hydrogen-bond donors (Lipinski definition) is 0. The minimum atomic E-state index is 0.0716. The Hall–Kier alpha value is -3.40. The van der Waals surface area contributed by atoms with Crippen LogP contribution in [0.1, 0.15) is 52.7 Å². The highest BCUT2D eigenvalue weighted by molar-refractivity contribution is 5.79. The van der Waals surface area contributed by atoms with E-state index in [-0.39, 0.29) is 10.8 Å². The SMILES string of the molecule is CC(C)(C)c1ccc2oc(-c3ccc(-c4nc5cc(C(C)(C)C)ccc5o4)cc3)nc2c1. The molecule has 3 aromatic carbocycles. The summed E-state index contributed by atoms with van der Waals surface area (Å²) in [7, 11) is 0. The summed E-state index contributed by atoms with van der Waals surface area (Å²) >= 11 is 0. The summed E-state index contributed by atoms with van der Waals surface area (Å²) in [6.07, 6.45) is 0. The maximum Gasteiger partial charge on any atom is 0.227 e. The molecule has 2 aromatic heterocycles. The molecule has 162 valence electrons. The van der Waals surface area contributed by atoms with Crippen molar-refractivity contribution in [1.29, 1.82) is 0 Å². The second-order valence-corrected chi connectivity index (χ2v) is 10.5. The molecule has 0 spiro atoms.